The van der Waals surface area contributed by atoms with Gasteiger partial charge in [0.25, 0.3) is 11.1 Å². The molecule has 1 N–H and O–H groups in total. The van der Waals surface area contributed by atoms with Gasteiger partial charge in [-0.2, -0.15) is 0 Å². The van der Waals surface area contributed by atoms with Crippen molar-refractivity contribution >= 4 is 10.8 Å². The maximum atomic E-state index is 12.0. The summed E-state index contributed by atoms with van der Waals surface area (Å²) in [6.45, 7) is 3.75. The second-order valence-corrected chi connectivity index (χ2v) is 4.52. The molecule has 0 unspecified atom stereocenters. The molecule has 0 saturated carbocycles. The molecule has 0 aliphatic heterocycles. The summed E-state index contributed by atoms with van der Waals surface area (Å²) in [4.78, 5) is 23.9. The van der Waals surface area contributed by atoms with Gasteiger partial charge < -0.3 is 9.47 Å². The largest absolute Gasteiger partial charge is 0.493 e. The quantitative estimate of drug-likeness (QED) is 0.898. The Bertz CT molecular complexity index is 728. The molecule has 0 bridgehead atoms. The molecule has 19 heavy (non-hydrogen) atoms. The Kier molecular flexibility index (Phi) is 3.33. The van der Waals surface area contributed by atoms with Gasteiger partial charge in [-0.3, -0.25) is 19.4 Å². The fourth-order valence-corrected chi connectivity index (χ4v) is 1.87. The van der Waals surface area contributed by atoms with E-state index < -0.39 is 0 Å². The third-order valence-electron chi connectivity index (χ3n) is 2.72. The summed E-state index contributed by atoms with van der Waals surface area (Å²) in [7, 11) is 2.99. The van der Waals surface area contributed by atoms with Crippen LogP contribution in [-0.4, -0.2) is 23.0 Å². The number of rotatable bonds is 3. The first-order chi connectivity index (χ1) is 8.93. The predicted molar refractivity (Wildman–Crippen MR) is 72.1 cm³/mol. The van der Waals surface area contributed by atoms with Crippen LogP contribution in [0.15, 0.2) is 21.7 Å². The van der Waals surface area contributed by atoms with E-state index in [9.17, 15) is 9.59 Å². The standard InChI is InChI=1S/C13H16N2O4/c1-7(2)19-11-5-8-9(6-10(11)18-4)13(17)15(3)14-12(8)16/h5-7H,1-4H3,(H,14,16). The maximum Gasteiger partial charge on any atom is 0.272 e. The van der Waals surface area contributed by atoms with Crippen LogP contribution in [0.2, 0.25) is 0 Å². The predicted octanol–water partition coefficient (Wildman–Crippen LogP) is 1.02. The van der Waals surface area contributed by atoms with Crippen LogP contribution in [0.1, 0.15) is 13.8 Å². The Morgan fingerprint density at radius 2 is 1.79 bits per heavy atom. The van der Waals surface area contributed by atoms with E-state index in [-0.39, 0.29) is 17.2 Å². The fourth-order valence-electron chi connectivity index (χ4n) is 1.87. The molecule has 102 valence electrons. The number of aromatic amines is 1. The Morgan fingerprint density at radius 3 is 2.37 bits per heavy atom. The second kappa shape index (κ2) is 4.79. The van der Waals surface area contributed by atoms with Crippen molar-refractivity contribution in [3.8, 4) is 11.5 Å². The fraction of sp³-hybridized carbons (Fsp3) is 0.385. The smallest absolute Gasteiger partial charge is 0.272 e. The number of aromatic nitrogens is 2. The minimum atomic E-state index is -0.339. The molecular weight excluding hydrogens is 248 g/mol. The number of nitrogens with one attached hydrogen (secondary N) is 1. The zero-order valence-electron chi connectivity index (χ0n) is 11.3. The van der Waals surface area contributed by atoms with Crippen molar-refractivity contribution in [1.82, 2.24) is 9.78 Å². The van der Waals surface area contributed by atoms with Gasteiger partial charge in [0.05, 0.1) is 24.0 Å². The molecule has 1 heterocycles. The van der Waals surface area contributed by atoms with Gasteiger partial charge in [0.1, 0.15) is 0 Å². The van der Waals surface area contributed by atoms with E-state index in [1.54, 1.807) is 0 Å². The van der Waals surface area contributed by atoms with Crippen LogP contribution in [0.3, 0.4) is 0 Å². The van der Waals surface area contributed by atoms with Crippen molar-refractivity contribution in [3.05, 3.63) is 32.8 Å². The number of hydrogen-bond acceptors (Lipinski definition) is 4. The molecule has 0 amide bonds. The number of methoxy groups -OCH3 is 1. The first-order valence-electron chi connectivity index (χ1n) is 5.91. The van der Waals surface area contributed by atoms with Gasteiger partial charge in [0, 0.05) is 7.05 Å². The van der Waals surface area contributed by atoms with Crippen molar-refractivity contribution in [3.63, 3.8) is 0 Å². The van der Waals surface area contributed by atoms with E-state index in [2.05, 4.69) is 5.10 Å². The van der Waals surface area contributed by atoms with Gasteiger partial charge in [0.15, 0.2) is 11.5 Å². The van der Waals surface area contributed by atoms with Crippen LogP contribution in [0.5, 0.6) is 11.5 Å². The summed E-state index contributed by atoms with van der Waals surface area (Å²) in [6, 6.07) is 3.07. The van der Waals surface area contributed by atoms with Crippen molar-refractivity contribution < 1.29 is 9.47 Å². The molecular formula is C13H16N2O4. The van der Waals surface area contributed by atoms with Crippen LogP contribution in [0.25, 0.3) is 10.8 Å². The molecule has 0 atom stereocenters. The number of nitrogens with zero attached hydrogens (tertiary/aromatic N) is 1. The third-order valence-corrected chi connectivity index (χ3v) is 2.72. The number of fused-ring (bicyclic) bond motifs is 1. The van der Waals surface area contributed by atoms with E-state index in [0.29, 0.717) is 22.3 Å². The lowest BCUT2D eigenvalue weighted by Gasteiger charge is -2.14. The average molecular weight is 264 g/mol. The number of benzene rings is 1. The minimum absolute atomic E-state index is 0.0584. The zero-order valence-corrected chi connectivity index (χ0v) is 11.3. The van der Waals surface area contributed by atoms with E-state index in [1.807, 2.05) is 13.8 Å². The molecule has 1 aromatic carbocycles. The summed E-state index contributed by atoms with van der Waals surface area (Å²) < 4.78 is 11.9. The lowest BCUT2D eigenvalue weighted by atomic mass is 10.1. The molecule has 0 fully saturated rings. The van der Waals surface area contributed by atoms with E-state index in [4.69, 9.17) is 9.47 Å². The van der Waals surface area contributed by atoms with Gasteiger partial charge in [-0.25, -0.2) is 0 Å². The molecule has 0 spiro atoms. The summed E-state index contributed by atoms with van der Waals surface area (Å²) in [5.74, 6) is 0.882. The summed E-state index contributed by atoms with van der Waals surface area (Å²) >= 11 is 0. The Balaban J connectivity index is 2.81. The monoisotopic (exact) mass is 264 g/mol. The van der Waals surface area contributed by atoms with Gasteiger partial charge in [-0.05, 0) is 26.0 Å². The molecule has 2 rings (SSSR count). The zero-order chi connectivity index (χ0) is 14.2. The Morgan fingerprint density at radius 1 is 1.16 bits per heavy atom. The van der Waals surface area contributed by atoms with E-state index >= 15 is 0 Å². The average Bonchev–Trinajstić information content (AvgIpc) is 2.35. The highest BCUT2D eigenvalue weighted by Gasteiger charge is 2.13. The number of ether oxygens (including phenoxy) is 2. The SMILES string of the molecule is COc1cc2c(=O)n(C)[nH]c(=O)c2cc1OC(C)C. The van der Waals surface area contributed by atoms with Crippen LogP contribution < -0.4 is 20.6 Å². The highest BCUT2D eigenvalue weighted by atomic mass is 16.5. The minimum Gasteiger partial charge on any atom is -0.493 e. The first-order valence-corrected chi connectivity index (χ1v) is 5.91. The lowest BCUT2D eigenvalue weighted by Crippen LogP contribution is -2.27. The van der Waals surface area contributed by atoms with Crippen LogP contribution in [0, 0.1) is 0 Å². The van der Waals surface area contributed by atoms with Crippen LogP contribution in [0.4, 0.5) is 0 Å². The second-order valence-electron chi connectivity index (χ2n) is 4.52. The first kappa shape index (κ1) is 13.2. The van der Waals surface area contributed by atoms with E-state index in [1.165, 1.54) is 26.3 Å². The molecule has 0 aliphatic rings. The van der Waals surface area contributed by atoms with Crippen molar-refractivity contribution in [2.75, 3.05) is 7.11 Å². The van der Waals surface area contributed by atoms with Crippen LogP contribution >= 0.6 is 0 Å². The molecule has 6 heteroatoms. The highest BCUT2D eigenvalue weighted by molar-refractivity contribution is 5.84. The lowest BCUT2D eigenvalue weighted by molar-refractivity contribution is 0.230. The van der Waals surface area contributed by atoms with Crippen molar-refractivity contribution in [2.24, 2.45) is 7.05 Å². The van der Waals surface area contributed by atoms with Gasteiger partial charge >= 0.3 is 0 Å². The summed E-state index contributed by atoms with van der Waals surface area (Å²) in [5, 5.41) is 3.05. The molecule has 0 aliphatic carbocycles. The Labute approximate surface area is 109 Å². The summed E-state index contributed by atoms with van der Waals surface area (Å²) in [5.41, 5.74) is -0.627. The number of H-pyrrole nitrogens is 1. The van der Waals surface area contributed by atoms with Gasteiger partial charge in [-0.1, -0.05) is 0 Å². The molecule has 6 nitrogen and oxygen atoms in total. The van der Waals surface area contributed by atoms with E-state index in [0.717, 1.165) is 4.68 Å². The molecule has 1 aromatic heterocycles. The number of hydrogen-bond donors (Lipinski definition) is 1. The molecule has 2 aromatic rings. The highest BCUT2D eigenvalue weighted by Crippen LogP contribution is 2.30. The van der Waals surface area contributed by atoms with Crippen molar-refractivity contribution in [1.29, 1.82) is 0 Å². The molecule has 0 radical (unpaired) electrons. The van der Waals surface area contributed by atoms with Crippen LogP contribution in [-0.2, 0) is 7.05 Å². The summed E-state index contributed by atoms with van der Waals surface area (Å²) in [6.07, 6.45) is -0.0584. The Hall–Kier alpha value is -2.24. The maximum absolute atomic E-state index is 12.0. The normalized spacial score (nSPS) is 11.0. The number of aryl methyl sites for hydroxylation is 1. The topological polar surface area (TPSA) is 73.3 Å². The van der Waals surface area contributed by atoms with Gasteiger partial charge in [-0.15, -0.1) is 0 Å². The van der Waals surface area contributed by atoms with Crippen molar-refractivity contribution in [2.45, 2.75) is 20.0 Å². The molecule has 0 saturated heterocycles. The third kappa shape index (κ3) is 2.33. The van der Waals surface area contributed by atoms with Gasteiger partial charge in [0.2, 0.25) is 0 Å².